The van der Waals surface area contributed by atoms with E-state index in [9.17, 15) is 9.18 Å². The normalized spacial score (nSPS) is 11.4. The maximum absolute atomic E-state index is 14.2. The molecule has 0 spiro atoms. The van der Waals surface area contributed by atoms with Crippen LogP contribution < -0.4 is 11.4 Å². The molecule has 0 aliphatic rings. The van der Waals surface area contributed by atoms with Crippen molar-refractivity contribution in [1.82, 2.24) is 19.2 Å². The zero-order chi connectivity index (χ0) is 16.8. The Balaban J connectivity index is 1.96. The van der Waals surface area contributed by atoms with Gasteiger partial charge in [0.05, 0.1) is 17.6 Å². The number of nitrogens with two attached hydrogens (primary N) is 1. The zero-order valence-corrected chi connectivity index (χ0v) is 12.9. The van der Waals surface area contributed by atoms with E-state index in [1.807, 2.05) is 12.1 Å². The van der Waals surface area contributed by atoms with Gasteiger partial charge in [-0.3, -0.25) is 0 Å². The van der Waals surface area contributed by atoms with Crippen LogP contribution in [0.15, 0.2) is 47.3 Å². The number of benzene rings is 2. The Bertz CT molecular complexity index is 1150. The first-order chi connectivity index (χ1) is 11.6. The number of halogens is 1. The fraction of sp³-hybridized carbons (Fsp3) is 0.118. The van der Waals surface area contributed by atoms with E-state index < -0.39 is 0 Å². The molecule has 0 atom stereocenters. The molecule has 0 unspecified atom stereocenters. The molecule has 7 heteroatoms. The number of para-hydroxylation sites is 2. The summed E-state index contributed by atoms with van der Waals surface area (Å²) in [6.45, 7) is 1.71. The minimum atomic E-state index is -0.379. The number of fused-ring (bicyclic) bond motifs is 3. The van der Waals surface area contributed by atoms with Crippen LogP contribution in [0.5, 0.6) is 0 Å². The van der Waals surface area contributed by atoms with E-state index in [0.29, 0.717) is 22.2 Å². The lowest BCUT2D eigenvalue weighted by Gasteiger charge is -2.04. The monoisotopic (exact) mass is 323 g/mol. The van der Waals surface area contributed by atoms with Crippen LogP contribution in [0.2, 0.25) is 0 Å². The molecule has 2 aromatic heterocycles. The molecule has 0 saturated carbocycles. The van der Waals surface area contributed by atoms with Gasteiger partial charge in [-0.15, -0.1) is 5.10 Å². The van der Waals surface area contributed by atoms with Crippen molar-refractivity contribution in [2.45, 2.75) is 13.5 Å². The molecule has 4 aromatic rings. The molecule has 0 radical (unpaired) electrons. The van der Waals surface area contributed by atoms with Gasteiger partial charge in [0.15, 0.2) is 5.82 Å². The predicted octanol–water partition coefficient (Wildman–Crippen LogP) is 2.12. The minimum absolute atomic E-state index is 0.0296. The van der Waals surface area contributed by atoms with E-state index >= 15 is 0 Å². The third-order valence-corrected chi connectivity index (χ3v) is 4.02. The molecular weight excluding hydrogens is 309 g/mol. The number of hydrogen-bond acceptors (Lipinski definition) is 4. The Morgan fingerprint density at radius 3 is 2.79 bits per heavy atom. The van der Waals surface area contributed by atoms with Gasteiger partial charge >= 0.3 is 5.69 Å². The van der Waals surface area contributed by atoms with Gasteiger partial charge in [-0.25, -0.2) is 23.3 Å². The van der Waals surface area contributed by atoms with Crippen molar-refractivity contribution in [3.05, 3.63) is 69.9 Å². The van der Waals surface area contributed by atoms with Gasteiger partial charge in [-0.05, 0) is 24.6 Å². The molecule has 0 aliphatic carbocycles. The van der Waals surface area contributed by atoms with Gasteiger partial charge in [-0.1, -0.05) is 30.3 Å². The molecule has 2 N–H and O–H groups in total. The van der Waals surface area contributed by atoms with Crippen LogP contribution >= 0.6 is 0 Å². The molecule has 120 valence electrons. The Labute approximate surface area is 136 Å². The highest BCUT2D eigenvalue weighted by atomic mass is 19.1. The Morgan fingerprint density at radius 1 is 1.17 bits per heavy atom. The summed E-state index contributed by atoms with van der Waals surface area (Å²) in [4.78, 5) is 17.0. The van der Waals surface area contributed by atoms with Crippen LogP contribution in [0, 0.1) is 12.7 Å². The lowest BCUT2D eigenvalue weighted by Crippen LogP contribution is -2.22. The second-order valence-electron chi connectivity index (χ2n) is 5.63. The summed E-state index contributed by atoms with van der Waals surface area (Å²) in [5.74, 6) is -0.174. The third-order valence-electron chi connectivity index (χ3n) is 4.02. The Hall–Kier alpha value is -3.22. The van der Waals surface area contributed by atoms with Crippen LogP contribution in [0.4, 0.5) is 10.2 Å². The number of anilines is 1. The summed E-state index contributed by atoms with van der Waals surface area (Å²) in [6, 6.07) is 12.2. The number of hydrogen-bond donors (Lipinski definition) is 1. The maximum Gasteiger partial charge on any atom is 0.351 e. The van der Waals surface area contributed by atoms with Crippen molar-refractivity contribution in [2.75, 3.05) is 5.73 Å². The van der Waals surface area contributed by atoms with Crippen LogP contribution in [0.1, 0.15) is 11.1 Å². The average molecular weight is 323 g/mol. The first kappa shape index (κ1) is 14.4. The summed E-state index contributed by atoms with van der Waals surface area (Å²) in [6.07, 6.45) is 0. The standard InChI is InChI=1S/C17H14FN5O/c1-10-5-4-6-11(14(10)18)9-22-17(24)23-13-8-3-2-7-12(13)20-15(19)16(23)21-22/h2-8H,9H2,1H3,(H2,19,20). The maximum atomic E-state index is 14.2. The fourth-order valence-electron chi connectivity index (χ4n) is 2.81. The molecule has 0 amide bonds. The van der Waals surface area contributed by atoms with Crippen molar-refractivity contribution < 1.29 is 4.39 Å². The first-order valence-electron chi connectivity index (χ1n) is 7.44. The second-order valence-corrected chi connectivity index (χ2v) is 5.63. The van der Waals surface area contributed by atoms with Crippen molar-refractivity contribution in [1.29, 1.82) is 0 Å². The molecule has 0 saturated heterocycles. The summed E-state index contributed by atoms with van der Waals surface area (Å²) in [5.41, 5.74) is 7.96. The van der Waals surface area contributed by atoms with Crippen molar-refractivity contribution in [2.24, 2.45) is 0 Å². The van der Waals surface area contributed by atoms with E-state index in [4.69, 9.17) is 5.73 Å². The highest BCUT2D eigenvalue weighted by molar-refractivity contribution is 5.81. The van der Waals surface area contributed by atoms with E-state index in [1.165, 1.54) is 9.08 Å². The first-order valence-corrected chi connectivity index (χ1v) is 7.44. The zero-order valence-electron chi connectivity index (χ0n) is 12.9. The summed E-state index contributed by atoms with van der Waals surface area (Å²) in [5, 5.41) is 4.24. The third kappa shape index (κ3) is 2.05. The van der Waals surface area contributed by atoms with E-state index in [2.05, 4.69) is 10.1 Å². The number of nitrogen functional groups attached to an aromatic ring is 1. The predicted molar refractivity (Wildman–Crippen MR) is 89.4 cm³/mol. The van der Waals surface area contributed by atoms with Crippen LogP contribution in [0.25, 0.3) is 16.7 Å². The van der Waals surface area contributed by atoms with Crippen molar-refractivity contribution in [3.63, 3.8) is 0 Å². The van der Waals surface area contributed by atoms with Crippen LogP contribution in [0.3, 0.4) is 0 Å². The molecular formula is C17H14FN5O. The molecule has 0 aliphatic heterocycles. The molecule has 6 nitrogen and oxygen atoms in total. The van der Waals surface area contributed by atoms with Crippen molar-refractivity contribution in [3.8, 4) is 0 Å². The average Bonchev–Trinajstić information content (AvgIpc) is 2.90. The molecule has 2 aromatic carbocycles. The summed E-state index contributed by atoms with van der Waals surface area (Å²) < 4.78 is 16.8. The number of nitrogens with zero attached hydrogens (tertiary/aromatic N) is 4. The smallest absolute Gasteiger partial charge is 0.351 e. The number of aryl methyl sites for hydroxylation is 1. The number of rotatable bonds is 2. The van der Waals surface area contributed by atoms with Gasteiger partial charge in [0.1, 0.15) is 5.82 Å². The van der Waals surface area contributed by atoms with Gasteiger partial charge in [0.2, 0.25) is 5.65 Å². The second kappa shape index (κ2) is 5.16. The molecule has 0 fully saturated rings. The molecule has 2 heterocycles. The Kier molecular flexibility index (Phi) is 3.09. The lowest BCUT2D eigenvalue weighted by molar-refractivity contribution is 0.572. The topological polar surface area (TPSA) is 78.2 Å². The van der Waals surface area contributed by atoms with Crippen LogP contribution in [-0.4, -0.2) is 19.2 Å². The molecule has 24 heavy (non-hydrogen) atoms. The number of aromatic nitrogens is 4. The quantitative estimate of drug-likeness (QED) is 0.613. The molecule has 4 rings (SSSR count). The van der Waals surface area contributed by atoms with Crippen LogP contribution in [-0.2, 0) is 6.54 Å². The van der Waals surface area contributed by atoms with Crippen molar-refractivity contribution >= 4 is 22.5 Å². The van der Waals surface area contributed by atoms with Gasteiger partial charge < -0.3 is 5.73 Å². The van der Waals surface area contributed by atoms with Gasteiger partial charge in [0, 0.05) is 5.56 Å². The fourth-order valence-corrected chi connectivity index (χ4v) is 2.81. The Morgan fingerprint density at radius 2 is 1.96 bits per heavy atom. The molecule has 0 bridgehead atoms. The van der Waals surface area contributed by atoms with E-state index in [-0.39, 0.29) is 29.5 Å². The lowest BCUT2D eigenvalue weighted by atomic mass is 10.1. The highest BCUT2D eigenvalue weighted by Crippen LogP contribution is 2.17. The summed E-state index contributed by atoms with van der Waals surface area (Å²) in [7, 11) is 0. The highest BCUT2D eigenvalue weighted by Gasteiger charge is 2.15. The van der Waals surface area contributed by atoms with Gasteiger partial charge in [-0.2, -0.15) is 0 Å². The van der Waals surface area contributed by atoms with E-state index in [0.717, 1.165) is 0 Å². The van der Waals surface area contributed by atoms with E-state index in [1.54, 1.807) is 37.3 Å². The van der Waals surface area contributed by atoms with Gasteiger partial charge in [0.25, 0.3) is 0 Å². The largest absolute Gasteiger partial charge is 0.381 e. The summed E-state index contributed by atoms with van der Waals surface area (Å²) >= 11 is 0. The SMILES string of the molecule is Cc1cccc(Cn2nc3c(N)nc4ccccc4n3c2=O)c1F. The minimum Gasteiger partial charge on any atom is -0.381 e.